The van der Waals surface area contributed by atoms with Gasteiger partial charge in [0, 0.05) is 3.57 Å². The Morgan fingerprint density at radius 3 is 2.62 bits per heavy atom. The van der Waals surface area contributed by atoms with Crippen molar-refractivity contribution in [3.05, 3.63) is 45.6 Å². The third kappa shape index (κ3) is 3.32. The average molecular weight is 328 g/mol. The summed E-state index contributed by atoms with van der Waals surface area (Å²) in [6, 6.07) is 8.43. The van der Waals surface area contributed by atoms with Crippen LogP contribution in [0.1, 0.15) is 24.8 Å². The summed E-state index contributed by atoms with van der Waals surface area (Å²) < 4.78 is 1.25. The molecule has 0 aromatic heterocycles. The van der Waals surface area contributed by atoms with Gasteiger partial charge in [0.25, 0.3) is 0 Å². The van der Waals surface area contributed by atoms with Crippen LogP contribution in [0.4, 0.5) is 0 Å². The highest BCUT2D eigenvalue weighted by Gasteiger charge is 2.19. The Morgan fingerprint density at radius 2 is 2.00 bits per heavy atom. The minimum atomic E-state index is -0.190. The maximum Gasteiger partial charge on any atom is 0.0611 e. The van der Waals surface area contributed by atoms with Crippen molar-refractivity contribution >= 4 is 22.6 Å². The van der Waals surface area contributed by atoms with E-state index in [0.717, 1.165) is 25.7 Å². The van der Waals surface area contributed by atoms with E-state index in [1.807, 2.05) is 0 Å². The van der Waals surface area contributed by atoms with E-state index in [1.165, 1.54) is 9.13 Å². The van der Waals surface area contributed by atoms with Gasteiger partial charge in [-0.1, -0.05) is 24.3 Å². The molecule has 2 rings (SSSR count). The smallest absolute Gasteiger partial charge is 0.0611 e. The van der Waals surface area contributed by atoms with Gasteiger partial charge < -0.3 is 5.11 Å². The summed E-state index contributed by atoms with van der Waals surface area (Å²) in [5.41, 5.74) is 1.24. The first-order valence-electron chi connectivity index (χ1n) is 5.83. The van der Waals surface area contributed by atoms with Gasteiger partial charge in [-0.2, -0.15) is 0 Å². The van der Waals surface area contributed by atoms with Crippen LogP contribution in [0, 0.1) is 9.49 Å². The second-order valence-electron chi connectivity index (χ2n) is 4.44. The highest BCUT2D eigenvalue weighted by molar-refractivity contribution is 14.1. The van der Waals surface area contributed by atoms with Gasteiger partial charge in [-0.05, 0) is 71.9 Å². The molecule has 0 heterocycles. The number of rotatable bonds is 3. The Labute approximate surface area is 111 Å². The minimum Gasteiger partial charge on any atom is -0.392 e. The van der Waals surface area contributed by atoms with E-state index >= 15 is 0 Å². The predicted molar refractivity (Wildman–Crippen MR) is 75.4 cm³/mol. The molecule has 1 N–H and O–H groups in total. The molecular formula is C14H17IO. The molecule has 1 aromatic carbocycles. The molecule has 0 saturated carbocycles. The molecule has 16 heavy (non-hydrogen) atoms. The lowest BCUT2D eigenvalue weighted by Crippen LogP contribution is -2.23. The van der Waals surface area contributed by atoms with Crippen molar-refractivity contribution in [3.8, 4) is 0 Å². The van der Waals surface area contributed by atoms with Crippen LogP contribution in [0.15, 0.2) is 36.4 Å². The van der Waals surface area contributed by atoms with Crippen molar-refractivity contribution in [1.29, 1.82) is 0 Å². The van der Waals surface area contributed by atoms with Gasteiger partial charge in [-0.3, -0.25) is 0 Å². The fraction of sp³-hybridized carbons (Fsp3) is 0.429. The van der Waals surface area contributed by atoms with Crippen LogP contribution in [-0.2, 0) is 6.42 Å². The van der Waals surface area contributed by atoms with Crippen LogP contribution in [-0.4, -0.2) is 11.2 Å². The van der Waals surface area contributed by atoms with Crippen LogP contribution in [0.25, 0.3) is 0 Å². The van der Waals surface area contributed by atoms with Gasteiger partial charge >= 0.3 is 0 Å². The Hall–Kier alpha value is -0.350. The molecule has 2 unspecified atom stereocenters. The van der Waals surface area contributed by atoms with E-state index in [2.05, 4.69) is 59.0 Å². The largest absolute Gasteiger partial charge is 0.392 e. The van der Waals surface area contributed by atoms with Crippen molar-refractivity contribution < 1.29 is 5.11 Å². The van der Waals surface area contributed by atoms with Gasteiger partial charge in [-0.25, -0.2) is 0 Å². The third-order valence-corrected chi connectivity index (χ3v) is 3.93. The molecule has 1 aliphatic carbocycles. The number of hydrogen-bond donors (Lipinski definition) is 1. The molecule has 2 atom stereocenters. The average Bonchev–Trinajstić information content (AvgIpc) is 2.33. The first kappa shape index (κ1) is 12.1. The number of aliphatic hydroxyl groups is 1. The summed E-state index contributed by atoms with van der Waals surface area (Å²) in [4.78, 5) is 0. The van der Waals surface area contributed by atoms with Gasteiger partial charge in [0.15, 0.2) is 0 Å². The zero-order chi connectivity index (χ0) is 11.4. The summed E-state index contributed by atoms with van der Waals surface area (Å²) in [6.07, 6.45) is 8.29. The van der Waals surface area contributed by atoms with Gasteiger partial charge in [0.1, 0.15) is 0 Å². The molecule has 0 amide bonds. The maximum absolute atomic E-state index is 10.2. The highest BCUT2D eigenvalue weighted by Crippen LogP contribution is 2.24. The van der Waals surface area contributed by atoms with E-state index in [0.29, 0.717) is 5.92 Å². The Kier molecular flexibility index (Phi) is 4.41. The summed E-state index contributed by atoms with van der Waals surface area (Å²) in [6.45, 7) is 0. The van der Waals surface area contributed by atoms with Crippen molar-refractivity contribution in [2.75, 3.05) is 0 Å². The second kappa shape index (κ2) is 5.82. The Bertz CT molecular complexity index is 356. The Morgan fingerprint density at radius 1 is 1.25 bits per heavy atom. The monoisotopic (exact) mass is 328 g/mol. The van der Waals surface area contributed by atoms with Gasteiger partial charge in [-0.15, -0.1) is 0 Å². The summed E-state index contributed by atoms with van der Waals surface area (Å²) >= 11 is 2.30. The van der Waals surface area contributed by atoms with Crippen molar-refractivity contribution in [3.63, 3.8) is 0 Å². The molecular weight excluding hydrogens is 311 g/mol. The van der Waals surface area contributed by atoms with Crippen LogP contribution < -0.4 is 0 Å². The molecule has 1 aliphatic rings. The van der Waals surface area contributed by atoms with Crippen LogP contribution >= 0.6 is 22.6 Å². The molecule has 1 aromatic rings. The Balaban J connectivity index is 1.93. The lowest BCUT2D eigenvalue weighted by molar-refractivity contribution is 0.102. The fourth-order valence-electron chi connectivity index (χ4n) is 2.20. The lowest BCUT2D eigenvalue weighted by atomic mass is 9.86. The second-order valence-corrected chi connectivity index (χ2v) is 5.69. The molecule has 0 bridgehead atoms. The quantitative estimate of drug-likeness (QED) is 0.665. The van der Waals surface area contributed by atoms with E-state index in [-0.39, 0.29) is 6.10 Å². The van der Waals surface area contributed by atoms with E-state index < -0.39 is 0 Å². The molecule has 0 spiro atoms. The number of hydrogen-bond acceptors (Lipinski definition) is 1. The maximum atomic E-state index is 10.2. The first-order valence-corrected chi connectivity index (χ1v) is 6.91. The molecule has 86 valence electrons. The van der Waals surface area contributed by atoms with E-state index in [4.69, 9.17) is 0 Å². The summed E-state index contributed by atoms with van der Waals surface area (Å²) in [5.74, 6) is 0.448. The van der Waals surface area contributed by atoms with Crippen LogP contribution in [0.3, 0.4) is 0 Å². The van der Waals surface area contributed by atoms with E-state index in [9.17, 15) is 5.11 Å². The van der Waals surface area contributed by atoms with Gasteiger partial charge in [0.2, 0.25) is 0 Å². The molecule has 1 nitrogen and oxygen atoms in total. The summed E-state index contributed by atoms with van der Waals surface area (Å²) in [5, 5.41) is 10.2. The molecule has 2 heteroatoms. The topological polar surface area (TPSA) is 20.2 Å². The zero-order valence-corrected chi connectivity index (χ0v) is 11.4. The number of allylic oxidation sites excluding steroid dienone is 2. The zero-order valence-electron chi connectivity index (χ0n) is 9.27. The van der Waals surface area contributed by atoms with Crippen molar-refractivity contribution in [2.24, 2.45) is 5.92 Å². The first-order chi connectivity index (χ1) is 7.75. The van der Waals surface area contributed by atoms with E-state index in [1.54, 1.807) is 0 Å². The third-order valence-electron chi connectivity index (χ3n) is 3.21. The standard InChI is InChI=1S/C14H17IO/c15-13-8-6-11(7-9-13)10-14(16)12-4-2-1-3-5-12/h1-2,6-9,12,14,16H,3-5,10H2. The molecule has 0 aliphatic heterocycles. The fourth-order valence-corrected chi connectivity index (χ4v) is 2.55. The summed E-state index contributed by atoms with van der Waals surface area (Å²) in [7, 11) is 0. The van der Waals surface area contributed by atoms with Crippen LogP contribution in [0.5, 0.6) is 0 Å². The van der Waals surface area contributed by atoms with Crippen molar-refractivity contribution in [2.45, 2.75) is 31.8 Å². The highest BCUT2D eigenvalue weighted by atomic mass is 127. The normalized spacial score (nSPS) is 22.0. The molecule has 0 saturated heterocycles. The molecule has 0 fully saturated rings. The lowest BCUT2D eigenvalue weighted by Gasteiger charge is -2.23. The predicted octanol–water partition coefficient (Wildman–Crippen LogP) is 3.55. The number of aliphatic hydroxyl groups excluding tert-OH is 1. The van der Waals surface area contributed by atoms with Crippen molar-refractivity contribution in [1.82, 2.24) is 0 Å². The van der Waals surface area contributed by atoms with Gasteiger partial charge in [0.05, 0.1) is 6.10 Å². The molecule has 0 radical (unpaired) electrons. The van der Waals surface area contributed by atoms with Crippen LogP contribution in [0.2, 0.25) is 0 Å². The number of halogens is 1. The number of benzene rings is 1. The SMILES string of the molecule is OC(Cc1ccc(I)cc1)C1CC=CCC1. The minimum absolute atomic E-state index is 0.190.